The molecule has 2 aliphatic rings. The highest BCUT2D eigenvalue weighted by Crippen LogP contribution is 2.64. The largest absolute Gasteiger partial charge is 0.493 e. The summed E-state index contributed by atoms with van der Waals surface area (Å²) in [5, 5.41) is 0. The summed E-state index contributed by atoms with van der Waals surface area (Å²) >= 11 is 0. The van der Waals surface area contributed by atoms with E-state index in [0.29, 0.717) is 11.5 Å². The summed E-state index contributed by atoms with van der Waals surface area (Å²) in [7, 11) is 4.59. The number of ether oxygens (including phenoxy) is 3. The highest BCUT2D eigenvalue weighted by molar-refractivity contribution is 6.13. The van der Waals surface area contributed by atoms with E-state index in [2.05, 4.69) is 0 Å². The van der Waals surface area contributed by atoms with Crippen LogP contribution in [-0.2, 0) is 14.3 Å². The third kappa shape index (κ3) is 2.00. The van der Waals surface area contributed by atoms with Gasteiger partial charge in [-0.1, -0.05) is 19.9 Å². The van der Waals surface area contributed by atoms with Gasteiger partial charge in [0.25, 0.3) is 0 Å². The molecule has 128 valence electrons. The molecule has 2 unspecified atom stereocenters. The first-order valence-electron chi connectivity index (χ1n) is 7.96. The highest BCUT2D eigenvalue weighted by Gasteiger charge is 2.66. The van der Waals surface area contributed by atoms with Crippen LogP contribution in [0.2, 0.25) is 0 Å². The van der Waals surface area contributed by atoms with Gasteiger partial charge in [0, 0.05) is 17.9 Å². The summed E-state index contributed by atoms with van der Waals surface area (Å²) in [6, 6.07) is 5.66. The number of methoxy groups -OCH3 is 3. The quantitative estimate of drug-likeness (QED) is 0.849. The first-order chi connectivity index (χ1) is 11.4. The first kappa shape index (κ1) is 16.6. The lowest BCUT2D eigenvalue weighted by Gasteiger charge is -2.58. The number of carbonyl (C=O) groups is 2. The molecule has 3 rings (SSSR count). The minimum absolute atomic E-state index is 0.0295. The Labute approximate surface area is 141 Å². The van der Waals surface area contributed by atoms with Crippen LogP contribution in [0, 0.1) is 17.3 Å². The van der Waals surface area contributed by atoms with E-state index in [1.54, 1.807) is 14.2 Å². The number of hydrogen-bond acceptors (Lipinski definition) is 5. The smallest absolute Gasteiger partial charge is 0.204 e. The molecular formula is C19H22O5. The van der Waals surface area contributed by atoms with E-state index in [1.807, 2.05) is 32.0 Å². The van der Waals surface area contributed by atoms with Gasteiger partial charge in [0.1, 0.15) is 0 Å². The van der Waals surface area contributed by atoms with Gasteiger partial charge in [0.15, 0.2) is 23.0 Å². The van der Waals surface area contributed by atoms with E-state index in [9.17, 15) is 9.59 Å². The van der Waals surface area contributed by atoms with Crippen molar-refractivity contribution in [2.45, 2.75) is 19.8 Å². The number of hydrogen-bond donors (Lipinski definition) is 0. The van der Waals surface area contributed by atoms with Crippen LogP contribution >= 0.6 is 0 Å². The monoisotopic (exact) mass is 330 g/mol. The summed E-state index contributed by atoms with van der Waals surface area (Å²) in [6.45, 7) is 3.88. The molecule has 0 bridgehead atoms. The second-order valence-electron chi connectivity index (χ2n) is 6.66. The molecule has 24 heavy (non-hydrogen) atoms. The Morgan fingerprint density at radius 1 is 0.958 bits per heavy atom. The molecule has 0 aliphatic heterocycles. The van der Waals surface area contributed by atoms with Crippen molar-refractivity contribution >= 4 is 11.6 Å². The van der Waals surface area contributed by atoms with Crippen molar-refractivity contribution in [3.8, 4) is 11.5 Å². The van der Waals surface area contributed by atoms with Crippen LogP contribution in [0.15, 0.2) is 30.0 Å². The van der Waals surface area contributed by atoms with Crippen molar-refractivity contribution in [2.24, 2.45) is 17.3 Å². The summed E-state index contributed by atoms with van der Waals surface area (Å²) in [4.78, 5) is 25.3. The van der Waals surface area contributed by atoms with Crippen LogP contribution in [0.25, 0.3) is 0 Å². The normalized spacial score (nSPS) is 31.7. The summed E-state index contributed by atoms with van der Waals surface area (Å²) in [6.07, 6.45) is 1.34. The van der Waals surface area contributed by atoms with Crippen LogP contribution in [0.4, 0.5) is 0 Å². The van der Waals surface area contributed by atoms with Crippen molar-refractivity contribution < 1.29 is 23.8 Å². The summed E-state index contributed by atoms with van der Waals surface area (Å²) in [5.41, 5.74) is 0.188. The topological polar surface area (TPSA) is 61.8 Å². The van der Waals surface area contributed by atoms with Gasteiger partial charge in [-0.2, -0.15) is 0 Å². The molecule has 0 radical (unpaired) electrons. The first-order valence-corrected chi connectivity index (χ1v) is 7.96. The average Bonchev–Trinajstić information content (AvgIpc) is 2.57. The lowest BCUT2D eigenvalue weighted by Crippen LogP contribution is -2.61. The number of rotatable bonds is 4. The number of fused-ring (bicyclic) bond motifs is 1. The number of carbonyl (C=O) groups excluding carboxylic acids is 2. The minimum Gasteiger partial charge on any atom is -0.493 e. The second-order valence-corrected chi connectivity index (χ2v) is 6.66. The van der Waals surface area contributed by atoms with Crippen LogP contribution in [0.1, 0.15) is 25.3 Å². The number of Topliss-reactive ketones (excluding diaryl/α,β-unsaturated/α-hetero) is 1. The number of allylic oxidation sites excluding steroid dienone is 2. The maximum Gasteiger partial charge on any atom is 0.204 e. The van der Waals surface area contributed by atoms with Crippen LogP contribution in [-0.4, -0.2) is 32.9 Å². The fourth-order valence-corrected chi connectivity index (χ4v) is 4.59. The van der Waals surface area contributed by atoms with Crippen molar-refractivity contribution in [1.82, 2.24) is 0 Å². The molecule has 1 aromatic rings. The molecule has 0 spiro atoms. The standard InChI is InChI=1S/C19H22O5/c1-10-16(11-6-7-13(22-3)14(8-11)23-4)19(2)17(10)12(20)9-15(24-5)18(19)21/h6-10,16-17H,1-5H3/t10?,16-,17?,19-/m0/s1. The molecule has 1 fully saturated rings. The Kier molecular flexibility index (Phi) is 3.90. The Bertz CT molecular complexity index is 735. The van der Waals surface area contributed by atoms with Gasteiger partial charge in [0.2, 0.25) is 5.78 Å². The van der Waals surface area contributed by atoms with Crippen molar-refractivity contribution in [2.75, 3.05) is 21.3 Å². The van der Waals surface area contributed by atoms with Gasteiger partial charge < -0.3 is 14.2 Å². The zero-order valence-corrected chi connectivity index (χ0v) is 14.6. The second kappa shape index (κ2) is 5.65. The Hall–Kier alpha value is -2.30. The average molecular weight is 330 g/mol. The van der Waals surface area contributed by atoms with Gasteiger partial charge in [-0.3, -0.25) is 9.59 Å². The lowest BCUT2D eigenvalue weighted by atomic mass is 9.42. The van der Waals surface area contributed by atoms with Gasteiger partial charge in [0.05, 0.1) is 26.7 Å². The molecule has 0 heterocycles. The van der Waals surface area contributed by atoms with E-state index in [-0.39, 0.29) is 35.1 Å². The third-order valence-electron chi connectivity index (χ3n) is 5.62. The van der Waals surface area contributed by atoms with Crippen LogP contribution in [0.5, 0.6) is 11.5 Å². The van der Waals surface area contributed by atoms with E-state index >= 15 is 0 Å². The van der Waals surface area contributed by atoms with E-state index in [0.717, 1.165) is 5.56 Å². The molecule has 1 aromatic carbocycles. The Balaban J connectivity index is 2.06. The number of ketones is 2. The van der Waals surface area contributed by atoms with Crippen molar-refractivity contribution in [3.05, 3.63) is 35.6 Å². The Morgan fingerprint density at radius 2 is 1.62 bits per heavy atom. The predicted octanol–water partition coefficient (Wildman–Crippen LogP) is 2.74. The molecule has 5 nitrogen and oxygen atoms in total. The SMILES string of the molecule is COC1=CC(=O)C2C(C)[C@@H](c3ccc(OC)c(OC)c3)[C@]2(C)C1=O. The molecule has 2 aliphatic carbocycles. The van der Waals surface area contributed by atoms with Crippen LogP contribution < -0.4 is 9.47 Å². The highest BCUT2D eigenvalue weighted by atomic mass is 16.5. The molecule has 0 N–H and O–H groups in total. The molecule has 1 saturated carbocycles. The molecule has 5 heteroatoms. The maximum atomic E-state index is 12.9. The van der Waals surface area contributed by atoms with Gasteiger partial charge in [-0.05, 0) is 23.6 Å². The fraction of sp³-hybridized carbons (Fsp3) is 0.474. The van der Waals surface area contributed by atoms with Crippen molar-refractivity contribution in [1.29, 1.82) is 0 Å². The summed E-state index contributed by atoms with van der Waals surface area (Å²) in [5.74, 6) is 0.963. The van der Waals surface area contributed by atoms with E-state index < -0.39 is 5.41 Å². The molecule has 4 atom stereocenters. The lowest BCUT2D eigenvalue weighted by molar-refractivity contribution is -0.159. The van der Waals surface area contributed by atoms with Gasteiger partial charge >= 0.3 is 0 Å². The number of benzene rings is 1. The molecule has 0 amide bonds. The maximum absolute atomic E-state index is 12.9. The van der Waals surface area contributed by atoms with Crippen molar-refractivity contribution in [3.63, 3.8) is 0 Å². The van der Waals surface area contributed by atoms with E-state index in [4.69, 9.17) is 14.2 Å². The molecule has 0 saturated heterocycles. The zero-order valence-electron chi connectivity index (χ0n) is 14.6. The van der Waals surface area contributed by atoms with E-state index in [1.165, 1.54) is 13.2 Å². The van der Waals surface area contributed by atoms with Gasteiger partial charge in [-0.15, -0.1) is 0 Å². The molecular weight excluding hydrogens is 308 g/mol. The third-order valence-corrected chi connectivity index (χ3v) is 5.62. The fourth-order valence-electron chi connectivity index (χ4n) is 4.59. The predicted molar refractivity (Wildman–Crippen MR) is 88.2 cm³/mol. The summed E-state index contributed by atoms with van der Waals surface area (Å²) < 4.78 is 15.8. The zero-order chi connectivity index (χ0) is 17.6. The Morgan fingerprint density at radius 3 is 2.21 bits per heavy atom. The van der Waals surface area contributed by atoms with Gasteiger partial charge in [-0.25, -0.2) is 0 Å². The molecule has 0 aromatic heterocycles. The van der Waals surface area contributed by atoms with Crippen LogP contribution in [0.3, 0.4) is 0 Å². The minimum atomic E-state index is -0.782.